The number of para-hydroxylation sites is 1. The Kier molecular flexibility index (Phi) is 4.64. The van der Waals surface area contributed by atoms with Gasteiger partial charge in [0, 0.05) is 17.8 Å². The summed E-state index contributed by atoms with van der Waals surface area (Å²) in [5, 5.41) is 7.76. The highest BCUT2D eigenvalue weighted by Crippen LogP contribution is 2.18. The van der Waals surface area contributed by atoms with Crippen molar-refractivity contribution in [3.8, 4) is 0 Å². The number of carbonyl (C=O) groups excluding carboxylic acids is 1. The summed E-state index contributed by atoms with van der Waals surface area (Å²) in [7, 11) is 0. The van der Waals surface area contributed by atoms with Crippen LogP contribution in [0.3, 0.4) is 0 Å². The molecule has 0 aliphatic rings. The highest BCUT2D eigenvalue weighted by atomic mass is 16.1. The molecule has 0 radical (unpaired) electrons. The van der Waals surface area contributed by atoms with Crippen LogP contribution in [0.5, 0.6) is 0 Å². The number of aryl methyl sites for hydroxylation is 1. The molecule has 1 aromatic carbocycles. The molecule has 118 valence electrons. The van der Waals surface area contributed by atoms with Gasteiger partial charge in [-0.1, -0.05) is 32.9 Å². The second-order valence-corrected chi connectivity index (χ2v) is 6.65. The summed E-state index contributed by atoms with van der Waals surface area (Å²) >= 11 is 0. The maximum atomic E-state index is 12.1. The highest BCUT2D eigenvalue weighted by molar-refractivity contribution is 5.79. The standard InChI is InChI=1S/C17H23N3O2/c1-12(17(2,3)4)19-16(22)9-10-20-14-8-6-5-7-13(14)15(21)11-18-20/h5-8,11-12H,9-10H2,1-4H3,(H,19,22)/t12-/m1/s1. The summed E-state index contributed by atoms with van der Waals surface area (Å²) < 4.78 is 1.71. The predicted molar refractivity (Wildman–Crippen MR) is 87.7 cm³/mol. The van der Waals surface area contributed by atoms with Gasteiger partial charge in [-0.25, -0.2) is 0 Å². The quantitative estimate of drug-likeness (QED) is 0.942. The third-order valence-corrected chi connectivity index (χ3v) is 3.99. The first-order valence-corrected chi connectivity index (χ1v) is 7.53. The number of aromatic nitrogens is 2. The van der Waals surface area contributed by atoms with Gasteiger partial charge in [0.05, 0.1) is 18.3 Å². The van der Waals surface area contributed by atoms with E-state index in [1.54, 1.807) is 10.7 Å². The van der Waals surface area contributed by atoms with Gasteiger partial charge in [0.2, 0.25) is 11.3 Å². The van der Waals surface area contributed by atoms with Crippen LogP contribution < -0.4 is 10.7 Å². The zero-order chi connectivity index (χ0) is 16.3. The molecule has 2 aromatic rings. The topological polar surface area (TPSA) is 64.0 Å². The fourth-order valence-corrected chi connectivity index (χ4v) is 2.08. The minimum absolute atomic E-state index is 0.00740. The Bertz CT molecular complexity index is 728. The molecule has 1 heterocycles. The smallest absolute Gasteiger partial charge is 0.222 e. The molecule has 1 amide bonds. The van der Waals surface area contributed by atoms with Crippen LogP contribution in [0.1, 0.15) is 34.1 Å². The highest BCUT2D eigenvalue weighted by Gasteiger charge is 2.21. The predicted octanol–water partition coefficient (Wildman–Crippen LogP) is 2.34. The molecule has 5 nitrogen and oxygen atoms in total. The summed E-state index contributed by atoms with van der Waals surface area (Å²) in [6.07, 6.45) is 1.64. The number of nitrogens with one attached hydrogen (secondary N) is 1. The van der Waals surface area contributed by atoms with Gasteiger partial charge in [-0.2, -0.15) is 5.10 Å². The first-order chi connectivity index (χ1) is 10.3. The monoisotopic (exact) mass is 301 g/mol. The number of fused-ring (bicyclic) bond motifs is 1. The van der Waals surface area contributed by atoms with Gasteiger partial charge in [-0.3, -0.25) is 14.3 Å². The van der Waals surface area contributed by atoms with Gasteiger partial charge in [-0.05, 0) is 24.5 Å². The molecule has 0 aliphatic carbocycles. The number of amides is 1. The van der Waals surface area contributed by atoms with Gasteiger partial charge in [0.25, 0.3) is 0 Å². The van der Waals surface area contributed by atoms with E-state index in [1.165, 1.54) is 6.20 Å². The number of benzene rings is 1. The van der Waals surface area contributed by atoms with E-state index in [4.69, 9.17) is 0 Å². The zero-order valence-electron chi connectivity index (χ0n) is 13.6. The lowest BCUT2D eigenvalue weighted by atomic mass is 9.88. The van der Waals surface area contributed by atoms with Crippen LogP contribution in [0.15, 0.2) is 35.3 Å². The van der Waals surface area contributed by atoms with Crippen LogP contribution in [0, 0.1) is 5.41 Å². The fourth-order valence-electron chi connectivity index (χ4n) is 2.08. The van der Waals surface area contributed by atoms with E-state index in [1.807, 2.05) is 25.1 Å². The summed E-state index contributed by atoms with van der Waals surface area (Å²) in [6.45, 7) is 8.73. The third-order valence-electron chi connectivity index (χ3n) is 3.99. The molecule has 0 aliphatic heterocycles. The van der Waals surface area contributed by atoms with E-state index in [-0.39, 0.29) is 22.8 Å². The van der Waals surface area contributed by atoms with Crippen molar-refractivity contribution in [2.24, 2.45) is 5.41 Å². The maximum Gasteiger partial charge on any atom is 0.222 e. The van der Waals surface area contributed by atoms with E-state index in [9.17, 15) is 9.59 Å². The summed E-state index contributed by atoms with van der Waals surface area (Å²) in [4.78, 5) is 23.8. The van der Waals surface area contributed by atoms with Crippen molar-refractivity contribution in [3.05, 3.63) is 40.7 Å². The van der Waals surface area contributed by atoms with Gasteiger partial charge in [-0.15, -0.1) is 0 Å². The molecule has 0 unspecified atom stereocenters. The Labute approximate surface area is 130 Å². The number of rotatable bonds is 4. The molecule has 1 aromatic heterocycles. The van der Waals surface area contributed by atoms with Gasteiger partial charge in [0.1, 0.15) is 0 Å². The van der Waals surface area contributed by atoms with E-state index in [2.05, 4.69) is 31.2 Å². The molecule has 0 fully saturated rings. The molecule has 5 heteroatoms. The van der Waals surface area contributed by atoms with E-state index in [0.29, 0.717) is 18.4 Å². The molecule has 0 spiro atoms. The minimum Gasteiger partial charge on any atom is -0.353 e. The maximum absolute atomic E-state index is 12.1. The van der Waals surface area contributed by atoms with Crippen molar-refractivity contribution in [1.29, 1.82) is 0 Å². The van der Waals surface area contributed by atoms with Gasteiger partial charge >= 0.3 is 0 Å². The van der Waals surface area contributed by atoms with Crippen LogP contribution in [-0.4, -0.2) is 21.7 Å². The third kappa shape index (κ3) is 3.72. The van der Waals surface area contributed by atoms with Crippen molar-refractivity contribution in [1.82, 2.24) is 15.1 Å². The molecular formula is C17H23N3O2. The molecule has 0 saturated heterocycles. The largest absolute Gasteiger partial charge is 0.353 e. The second kappa shape index (κ2) is 6.30. The minimum atomic E-state index is -0.0994. The molecule has 0 bridgehead atoms. The first-order valence-electron chi connectivity index (χ1n) is 7.53. The van der Waals surface area contributed by atoms with Crippen LogP contribution in [0.4, 0.5) is 0 Å². The van der Waals surface area contributed by atoms with Crippen molar-refractivity contribution in [2.45, 2.75) is 46.7 Å². The van der Waals surface area contributed by atoms with Crippen molar-refractivity contribution in [2.75, 3.05) is 0 Å². The van der Waals surface area contributed by atoms with E-state index in [0.717, 1.165) is 5.52 Å². The molecule has 1 N–H and O–H groups in total. The zero-order valence-corrected chi connectivity index (χ0v) is 13.6. The Morgan fingerprint density at radius 1 is 1.32 bits per heavy atom. The molecular weight excluding hydrogens is 278 g/mol. The SMILES string of the molecule is C[C@@H](NC(=O)CCn1ncc(=O)c2ccccc21)C(C)(C)C. The average molecular weight is 301 g/mol. The summed E-state index contributed by atoms with van der Waals surface area (Å²) in [5.74, 6) is -0.00740. The van der Waals surface area contributed by atoms with Gasteiger partial charge in [0.15, 0.2) is 0 Å². The number of nitrogens with zero attached hydrogens (tertiary/aromatic N) is 2. The lowest BCUT2D eigenvalue weighted by molar-refractivity contribution is -0.122. The van der Waals surface area contributed by atoms with Crippen LogP contribution in [-0.2, 0) is 11.3 Å². The summed E-state index contributed by atoms with van der Waals surface area (Å²) in [5.41, 5.74) is 0.683. The van der Waals surface area contributed by atoms with Crippen molar-refractivity contribution in [3.63, 3.8) is 0 Å². The Morgan fingerprint density at radius 3 is 2.68 bits per heavy atom. The summed E-state index contributed by atoms with van der Waals surface area (Å²) in [6, 6.07) is 7.41. The lowest BCUT2D eigenvalue weighted by Gasteiger charge is -2.28. The number of carbonyl (C=O) groups is 1. The van der Waals surface area contributed by atoms with Crippen LogP contribution in [0.2, 0.25) is 0 Å². The Morgan fingerprint density at radius 2 is 2.00 bits per heavy atom. The Balaban J connectivity index is 2.08. The molecule has 1 atom stereocenters. The molecule has 0 saturated carbocycles. The van der Waals surface area contributed by atoms with Crippen LogP contribution in [0.25, 0.3) is 10.9 Å². The van der Waals surface area contributed by atoms with Crippen LogP contribution >= 0.6 is 0 Å². The normalized spacial score (nSPS) is 13.1. The molecule has 22 heavy (non-hydrogen) atoms. The van der Waals surface area contributed by atoms with E-state index >= 15 is 0 Å². The number of hydrogen-bond donors (Lipinski definition) is 1. The second-order valence-electron chi connectivity index (χ2n) is 6.65. The first kappa shape index (κ1) is 16.2. The average Bonchev–Trinajstić information content (AvgIpc) is 2.46. The Hall–Kier alpha value is -2.17. The fraction of sp³-hybridized carbons (Fsp3) is 0.471. The van der Waals surface area contributed by atoms with Crippen molar-refractivity contribution >= 4 is 16.8 Å². The lowest BCUT2D eigenvalue weighted by Crippen LogP contribution is -2.41. The number of hydrogen-bond acceptors (Lipinski definition) is 3. The van der Waals surface area contributed by atoms with Gasteiger partial charge < -0.3 is 5.32 Å². The van der Waals surface area contributed by atoms with Crippen molar-refractivity contribution < 1.29 is 4.79 Å². The van der Waals surface area contributed by atoms with E-state index < -0.39 is 0 Å². The molecule has 2 rings (SSSR count).